The van der Waals surface area contributed by atoms with Crippen molar-refractivity contribution in [3.8, 4) is 10.6 Å². The fourth-order valence-corrected chi connectivity index (χ4v) is 3.15. The number of hydrogen-bond acceptors (Lipinski definition) is 3. The molecule has 0 bridgehead atoms. The van der Waals surface area contributed by atoms with Crippen LogP contribution in [0.2, 0.25) is 5.02 Å². The maximum atomic E-state index is 12.1. The molecule has 0 unspecified atom stereocenters. The van der Waals surface area contributed by atoms with E-state index in [0.29, 0.717) is 23.6 Å². The number of nitrogens with one attached hydrogen (secondary N) is 2. The van der Waals surface area contributed by atoms with Gasteiger partial charge in [0.15, 0.2) is 0 Å². The molecule has 2 N–H and O–H groups in total. The number of hydrogen-bond donors (Lipinski definition) is 2. The topological polar surface area (TPSA) is 57.8 Å². The van der Waals surface area contributed by atoms with Gasteiger partial charge in [-0.05, 0) is 23.6 Å². The first-order chi connectivity index (χ1) is 10.8. The first-order valence-corrected chi connectivity index (χ1v) is 8.10. The van der Waals surface area contributed by atoms with Gasteiger partial charge in [0, 0.05) is 18.7 Å². The van der Waals surface area contributed by atoms with Crippen molar-refractivity contribution in [3.63, 3.8) is 0 Å². The lowest BCUT2D eigenvalue weighted by Gasteiger charge is -2.06. The van der Waals surface area contributed by atoms with Gasteiger partial charge in [0.25, 0.3) is 5.91 Å². The number of carbonyl (C=O) groups is 1. The molecule has 2 heterocycles. The summed E-state index contributed by atoms with van der Waals surface area (Å²) in [5, 5.41) is 5.36. The molecule has 0 radical (unpaired) electrons. The minimum Gasteiger partial charge on any atom is -0.352 e. The second-order valence-electron chi connectivity index (χ2n) is 4.69. The van der Waals surface area contributed by atoms with Crippen LogP contribution in [0, 0.1) is 0 Å². The van der Waals surface area contributed by atoms with E-state index < -0.39 is 0 Å². The van der Waals surface area contributed by atoms with Crippen molar-refractivity contribution in [1.29, 1.82) is 0 Å². The van der Waals surface area contributed by atoms with Crippen LogP contribution in [0.3, 0.4) is 0 Å². The molecular weight excluding hydrogens is 318 g/mol. The number of amides is 1. The third kappa shape index (κ3) is 3.21. The van der Waals surface area contributed by atoms with Crippen LogP contribution in [-0.4, -0.2) is 22.4 Å². The number of aromatic amines is 1. The van der Waals surface area contributed by atoms with Crippen LogP contribution in [0.5, 0.6) is 0 Å². The Bertz CT molecular complexity index is 767. The number of aromatic nitrogens is 2. The van der Waals surface area contributed by atoms with Crippen molar-refractivity contribution in [3.05, 3.63) is 64.4 Å². The first-order valence-electron chi connectivity index (χ1n) is 6.84. The highest BCUT2D eigenvalue weighted by Gasteiger charge is 2.11. The van der Waals surface area contributed by atoms with Crippen molar-refractivity contribution in [2.45, 2.75) is 6.42 Å². The molecule has 0 fully saturated rings. The average molecular weight is 332 g/mol. The Hall–Kier alpha value is -2.11. The van der Waals surface area contributed by atoms with Gasteiger partial charge >= 0.3 is 0 Å². The number of halogens is 1. The summed E-state index contributed by atoms with van der Waals surface area (Å²) < 4.78 is 0. The van der Waals surface area contributed by atoms with E-state index in [0.717, 1.165) is 16.3 Å². The van der Waals surface area contributed by atoms with Gasteiger partial charge in [-0.15, -0.1) is 11.3 Å². The van der Waals surface area contributed by atoms with Crippen molar-refractivity contribution in [2.75, 3.05) is 6.54 Å². The Morgan fingerprint density at radius 3 is 2.91 bits per heavy atom. The number of nitrogens with zero attached hydrogens (tertiary/aromatic N) is 1. The lowest BCUT2D eigenvalue weighted by Crippen LogP contribution is -2.26. The van der Waals surface area contributed by atoms with Crippen LogP contribution in [0.1, 0.15) is 16.1 Å². The molecule has 0 aliphatic heterocycles. The zero-order valence-corrected chi connectivity index (χ0v) is 13.2. The lowest BCUT2D eigenvalue weighted by molar-refractivity contribution is 0.0954. The number of H-pyrrole nitrogens is 1. The summed E-state index contributed by atoms with van der Waals surface area (Å²) in [5.74, 6) is -0.164. The van der Waals surface area contributed by atoms with Crippen LogP contribution < -0.4 is 5.32 Å². The van der Waals surface area contributed by atoms with E-state index in [1.54, 1.807) is 41.9 Å². The van der Waals surface area contributed by atoms with Gasteiger partial charge in [-0.25, -0.2) is 4.98 Å². The minimum absolute atomic E-state index is 0.164. The molecule has 22 heavy (non-hydrogen) atoms. The second-order valence-corrected chi connectivity index (χ2v) is 6.05. The first kappa shape index (κ1) is 14.8. The van der Waals surface area contributed by atoms with E-state index in [1.165, 1.54) is 0 Å². The zero-order chi connectivity index (χ0) is 15.4. The van der Waals surface area contributed by atoms with E-state index in [-0.39, 0.29) is 5.91 Å². The third-order valence-electron chi connectivity index (χ3n) is 3.25. The smallest absolute Gasteiger partial charge is 0.252 e. The summed E-state index contributed by atoms with van der Waals surface area (Å²) >= 11 is 7.66. The molecule has 0 atom stereocenters. The molecule has 2 aromatic heterocycles. The summed E-state index contributed by atoms with van der Waals surface area (Å²) in [6.45, 7) is 0.518. The highest BCUT2D eigenvalue weighted by atomic mass is 35.5. The molecule has 0 aliphatic rings. The number of rotatable bonds is 5. The van der Waals surface area contributed by atoms with E-state index in [9.17, 15) is 4.79 Å². The molecule has 6 heteroatoms. The Morgan fingerprint density at radius 1 is 1.27 bits per heavy atom. The van der Waals surface area contributed by atoms with Crippen LogP contribution in [0.15, 0.2) is 48.1 Å². The van der Waals surface area contributed by atoms with Gasteiger partial charge in [-0.3, -0.25) is 4.79 Å². The Kier molecular flexibility index (Phi) is 4.56. The minimum atomic E-state index is -0.164. The van der Waals surface area contributed by atoms with Crippen molar-refractivity contribution >= 4 is 28.8 Å². The molecular formula is C16H14ClN3OS. The summed E-state index contributed by atoms with van der Waals surface area (Å²) in [7, 11) is 0. The monoisotopic (exact) mass is 331 g/mol. The molecule has 1 amide bonds. The summed E-state index contributed by atoms with van der Waals surface area (Å²) in [5.41, 5.74) is 2.45. The maximum Gasteiger partial charge on any atom is 0.252 e. The third-order valence-corrected chi connectivity index (χ3v) is 4.46. The van der Waals surface area contributed by atoms with Crippen molar-refractivity contribution in [1.82, 2.24) is 15.3 Å². The normalized spacial score (nSPS) is 10.6. The Balaban J connectivity index is 1.62. The lowest BCUT2D eigenvalue weighted by atomic mass is 10.2. The zero-order valence-electron chi connectivity index (χ0n) is 11.7. The van der Waals surface area contributed by atoms with E-state index in [4.69, 9.17) is 11.6 Å². The standard InChI is InChI=1S/C16H14ClN3OS/c17-12-5-2-1-4-11(12)16(21)18-8-7-13-15(20-10-19-13)14-6-3-9-22-14/h1-6,9-10H,7-8H2,(H,18,21)(H,19,20). The molecule has 1 aromatic carbocycles. The van der Waals surface area contributed by atoms with Crippen LogP contribution >= 0.6 is 22.9 Å². The number of imidazole rings is 1. The molecule has 0 saturated carbocycles. The quantitative estimate of drug-likeness (QED) is 0.747. The number of thiophene rings is 1. The van der Waals surface area contributed by atoms with Gasteiger partial charge in [0.1, 0.15) is 5.69 Å². The second kappa shape index (κ2) is 6.77. The van der Waals surface area contributed by atoms with Crippen molar-refractivity contribution in [2.24, 2.45) is 0 Å². The molecule has 0 spiro atoms. The van der Waals surface area contributed by atoms with Crippen LogP contribution in [-0.2, 0) is 6.42 Å². The predicted octanol–water partition coefficient (Wildman–Crippen LogP) is 3.76. The summed E-state index contributed by atoms with van der Waals surface area (Å²) in [6.07, 6.45) is 2.36. The van der Waals surface area contributed by atoms with Crippen molar-refractivity contribution < 1.29 is 4.79 Å². The van der Waals surface area contributed by atoms with E-state index in [2.05, 4.69) is 15.3 Å². The SMILES string of the molecule is O=C(NCCc1[nH]cnc1-c1cccs1)c1ccccc1Cl. The van der Waals surface area contributed by atoms with Gasteiger partial charge in [-0.2, -0.15) is 0 Å². The summed E-state index contributed by atoms with van der Waals surface area (Å²) in [4.78, 5) is 20.7. The largest absolute Gasteiger partial charge is 0.352 e. The molecule has 3 aromatic rings. The number of benzene rings is 1. The molecule has 0 saturated heterocycles. The Morgan fingerprint density at radius 2 is 2.14 bits per heavy atom. The molecule has 3 rings (SSSR count). The maximum absolute atomic E-state index is 12.1. The molecule has 4 nitrogen and oxygen atoms in total. The average Bonchev–Trinajstić information content (AvgIpc) is 3.18. The van der Waals surface area contributed by atoms with E-state index in [1.807, 2.05) is 17.5 Å². The van der Waals surface area contributed by atoms with Gasteiger partial charge in [-0.1, -0.05) is 29.8 Å². The van der Waals surface area contributed by atoms with Crippen LogP contribution in [0.4, 0.5) is 0 Å². The van der Waals surface area contributed by atoms with Crippen LogP contribution in [0.25, 0.3) is 10.6 Å². The molecule has 112 valence electrons. The highest BCUT2D eigenvalue weighted by molar-refractivity contribution is 7.13. The predicted molar refractivity (Wildman–Crippen MR) is 89.4 cm³/mol. The fraction of sp³-hybridized carbons (Fsp3) is 0.125. The molecule has 0 aliphatic carbocycles. The fourth-order valence-electron chi connectivity index (χ4n) is 2.18. The van der Waals surface area contributed by atoms with Gasteiger partial charge in [0.05, 0.1) is 21.8 Å². The highest BCUT2D eigenvalue weighted by Crippen LogP contribution is 2.25. The van der Waals surface area contributed by atoms with Gasteiger partial charge < -0.3 is 10.3 Å². The Labute approximate surface area is 137 Å². The van der Waals surface area contributed by atoms with Gasteiger partial charge in [0.2, 0.25) is 0 Å². The summed E-state index contributed by atoms with van der Waals surface area (Å²) in [6, 6.07) is 11.1. The number of carbonyl (C=O) groups excluding carboxylic acids is 1. The van der Waals surface area contributed by atoms with E-state index >= 15 is 0 Å².